The van der Waals surface area contributed by atoms with Gasteiger partial charge in [0.25, 0.3) is 7.52 Å². The van der Waals surface area contributed by atoms with E-state index in [0.29, 0.717) is 25.8 Å². The highest BCUT2D eigenvalue weighted by molar-refractivity contribution is 7.55. The lowest BCUT2D eigenvalue weighted by molar-refractivity contribution is -0.148. The molecule has 0 aromatic heterocycles. The van der Waals surface area contributed by atoms with Crippen molar-refractivity contribution >= 4 is 19.4 Å². The van der Waals surface area contributed by atoms with Crippen LogP contribution < -0.4 is 5.09 Å². The molecular formula is C16H31N2O5P. The van der Waals surface area contributed by atoms with E-state index in [1.807, 2.05) is 0 Å². The lowest BCUT2D eigenvalue weighted by Crippen LogP contribution is -2.48. The largest absolute Gasteiger partial charge is 0.480 e. The zero-order valence-electron chi connectivity index (χ0n) is 14.7. The Balaban J connectivity index is 2.41. The highest BCUT2D eigenvalue weighted by Gasteiger charge is 2.37. The Morgan fingerprint density at radius 1 is 1.25 bits per heavy atom. The molecule has 0 spiro atoms. The van der Waals surface area contributed by atoms with Crippen LogP contribution in [-0.4, -0.2) is 51.6 Å². The smallest absolute Gasteiger partial charge is 0.326 e. The number of amides is 1. The van der Waals surface area contributed by atoms with Gasteiger partial charge in [0.1, 0.15) is 6.04 Å². The molecule has 0 aliphatic carbocycles. The molecule has 0 bridgehead atoms. The second-order valence-electron chi connectivity index (χ2n) is 6.57. The first-order valence-corrected chi connectivity index (χ1v) is 10.8. The first-order chi connectivity index (χ1) is 11.3. The molecule has 8 heteroatoms. The number of carbonyl (C=O) groups is 2. The third-order valence-corrected chi connectivity index (χ3v) is 6.11. The molecule has 24 heavy (non-hydrogen) atoms. The zero-order valence-corrected chi connectivity index (χ0v) is 15.6. The topological polar surface area (TPSA) is 107 Å². The quantitative estimate of drug-likeness (QED) is 0.385. The summed E-state index contributed by atoms with van der Waals surface area (Å²) in [6.07, 6.45) is 7.30. The SMILES string of the molecule is CCCCCCCCP(=O)(O)N[C@@H](C)C(=O)N1CCC[C@H]1C(=O)O. The third kappa shape index (κ3) is 6.91. The normalized spacial score (nSPS) is 21.5. The molecule has 7 nitrogen and oxygen atoms in total. The van der Waals surface area contributed by atoms with Crippen LogP contribution in [0.25, 0.3) is 0 Å². The van der Waals surface area contributed by atoms with Gasteiger partial charge < -0.3 is 14.9 Å². The Hall–Kier alpha value is -0.910. The summed E-state index contributed by atoms with van der Waals surface area (Å²) in [6, 6.07) is -1.68. The average molecular weight is 362 g/mol. The van der Waals surface area contributed by atoms with Crippen LogP contribution in [0.1, 0.15) is 65.2 Å². The summed E-state index contributed by atoms with van der Waals surface area (Å²) in [5.41, 5.74) is 0. The number of aliphatic carboxylic acids is 1. The number of hydrogen-bond donors (Lipinski definition) is 3. The molecule has 1 saturated heterocycles. The van der Waals surface area contributed by atoms with Gasteiger partial charge in [-0.05, 0) is 26.2 Å². The van der Waals surface area contributed by atoms with E-state index in [1.54, 1.807) is 0 Å². The molecule has 140 valence electrons. The molecule has 0 aromatic carbocycles. The Morgan fingerprint density at radius 3 is 2.50 bits per heavy atom. The molecule has 1 heterocycles. The van der Waals surface area contributed by atoms with Gasteiger partial charge in [-0.2, -0.15) is 0 Å². The van der Waals surface area contributed by atoms with E-state index in [2.05, 4.69) is 12.0 Å². The van der Waals surface area contributed by atoms with Gasteiger partial charge in [0.15, 0.2) is 0 Å². The number of nitrogens with one attached hydrogen (secondary N) is 1. The van der Waals surface area contributed by atoms with E-state index in [1.165, 1.54) is 18.2 Å². The Labute approximate surface area is 144 Å². The van der Waals surface area contributed by atoms with Crippen LogP contribution in [0, 0.1) is 0 Å². The lowest BCUT2D eigenvalue weighted by atomic mass is 10.1. The Kier molecular flexibility index (Phi) is 8.95. The van der Waals surface area contributed by atoms with Crippen molar-refractivity contribution in [3.05, 3.63) is 0 Å². The Bertz CT molecular complexity index is 471. The summed E-state index contributed by atoms with van der Waals surface area (Å²) < 4.78 is 12.2. The minimum atomic E-state index is -3.59. The fourth-order valence-corrected chi connectivity index (χ4v) is 4.56. The van der Waals surface area contributed by atoms with Crippen LogP contribution in [0.3, 0.4) is 0 Å². The fraction of sp³-hybridized carbons (Fsp3) is 0.875. The maximum Gasteiger partial charge on any atom is 0.326 e. The fourth-order valence-electron chi connectivity index (χ4n) is 3.06. The monoisotopic (exact) mass is 362 g/mol. The molecule has 3 atom stereocenters. The molecule has 1 amide bonds. The maximum absolute atomic E-state index is 12.4. The van der Waals surface area contributed by atoms with Gasteiger partial charge in [0.2, 0.25) is 5.91 Å². The summed E-state index contributed by atoms with van der Waals surface area (Å²) in [6.45, 7) is 4.04. The van der Waals surface area contributed by atoms with Crippen LogP contribution in [-0.2, 0) is 14.2 Å². The van der Waals surface area contributed by atoms with Crippen LogP contribution in [0.2, 0.25) is 0 Å². The van der Waals surface area contributed by atoms with Gasteiger partial charge in [0.05, 0.1) is 6.04 Å². The predicted octanol–water partition coefficient (Wildman–Crippen LogP) is 2.59. The second kappa shape index (κ2) is 10.2. The van der Waals surface area contributed by atoms with Crippen molar-refractivity contribution in [1.29, 1.82) is 0 Å². The van der Waals surface area contributed by atoms with Gasteiger partial charge in [-0.15, -0.1) is 0 Å². The highest BCUT2D eigenvalue weighted by Crippen LogP contribution is 2.37. The summed E-state index contributed by atoms with van der Waals surface area (Å²) in [4.78, 5) is 34.8. The summed E-state index contributed by atoms with van der Waals surface area (Å²) in [7, 11) is -3.59. The van der Waals surface area contributed by atoms with Crippen molar-refractivity contribution in [2.24, 2.45) is 0 Å². The highest BCUT2D eigenvalue weighted by atomic mass is 31.2. The number of carboxylic acid groups (broad SMARTS) is 1. The summed E-state index contributed by atoms with van der Waals surface area (Å²) in [5.74, 6) is -1.44. The molecule has 1 aliphatic heterocycles. The second-order valence-corrected chi connectivity index (χ2v) is 8.68. The summed E-state index contributed by atoms with van der Waals surface area (Å²) in [5, 5.41) is 11.7. The zero-order chi connectivity index (χ0) is 18.2. The molecule has 1 fully saturated rings. The number of carbonyl (C=O) groups excluding carboxylic acids is 1. The number of rotatable bonds is 11. The number of nitrogens with zero attached hydrogens (tertiary/aromatic N) is 1. The maximum atomic E-state index is 12.4. The van der Waals surface area contributed by atoms with Crippen LogP contribution >= 0.6 is 7.52 Å². The predicted molar refractivity (Wildman–Crippen MR) is 93.0 cm³/mol. The lowest BCUT2D eigenvalue weighted by Gasteiger charge is -2.26. The van der Waals surface area contributed by atoms with Gasteiger partial charge in [-0.25, -0.2) is 9.88 Å². The first kappa shape index (κ1) is 21.1. The molecule has 1 aliphatic rings. The van der Waals surface area contributed by atoms with Crippen molar-refractivity contribution in [2.75, 3.05) is 12.7 Å². The average Bonchev–Trinajstić information content (AvgIpc) is 2.99. The first-order valence-electron chi connectivity index (χ1n) is 8.91. The minimum Gasteiger partial charge on any atom is -0.480 e. The van der Waals surface area contributed by atoms with E-state index < -0.39 is 31.5 Å². The number of carboxylic acids is 1. The molecule has 1 rings (SSSR count). The van der Waals surface area contributed by atoms with Gasteiger partial charge in [0, 0.05) is 12.7 Å². The van der Waals surface area contributed by atoms with Crippen molar-refractivity contribution in [2.45, 2.75) is 77.3 Å². The molecule has 0 radical (unpaired) electrons. The molecule has 3 N–H and O–H groups in total. The van der Waals surface area contributed by atoms with Crippen LogP contribution in [0.5, 0.6) is 0 Å². The van der Waals surface area contributed by atoms with Gasteiger partial charge >= 0.3 is 5.97 Å². The van der Waals surface area contributed by atoms with Crippen LogP contribution in [0.4, 0.5) is 0 Å². The van der Waals surface area contributed by atoms with Gasteiger partial charge in [-0.3, -0.25) is 9.36 Å². The van der Waals surface area contributed by atoms with Crippen molar-refractivity contribution in [1.82, 2.24) is 9.99 Å². The van der Waals surface area contributed by atoms with E-state index in [0.717, 1.165) is 25.7 Å². The van der Waals surface area contributed by atoms with E-state index in [9.17, 15) is 19.0 Å². The molecule has 1 unspecified atom stereocenters. The molecular weight excluding hydrogens is 331 g/mol. The molecule has 0 aromatic rings. The number of likely N-dealkylation sites (tertiary alicyclic amines) is 1. The standard InChI is InChI=1S/C16H31N2O5P/c1-3-4-5-6-7-8-12-24(22,23)17-13(2)15(19)18-11-9-10-14(18)16(20)21/h13-14H,3-12H2,1-2H3,(H,20,21)(H2,17,22,23)/t13-,14-/m0/s1. The Morgan fingerprint density at radius 2 is 1.88 bits per heavy atom. The minimum absolute atomic E-state index is 0.138. The number of hydrogen-bond acceptors (Lipinski definition) is 3. The van der Waals surface area contributed by atoms with E-state index >= 15 is 0 Å². The third-order valence-electron chi connectivity index (χ3n) is 4.40. The van der Waals surface area contributed by atoms with Crippen molar-refractivity contribution < 1.29 is 24.2 Å². The number of unbranched alkanes of at least 4 members (excludes halogenated alkanes) is 5. The molecule has 0 saturated carbocycles. The van der Waals surface area contributed by atoms with Crippen molar-refractivity contribution in [3.63, 3.8) is 0 Å². The van der Waals surface area contributed by atoms with E-state index in [4.69, 9.17) is 5.11 Å². The van der Waals surface area contributed by atoms with Gasteiger partial charge in [-0.1, -0.05) is 39.0 Å². The van der Waals surface area contributed by atoms with E-state index in [-0.39, 0.29) is 6.16 Å². The summed E-state index contributed by atoms with van der Waals surface area (Å²) >= 11 is 0. The van der Waals surface area contributed by atoms with Crippen LogP contribution in [0.15, 0.2) is 0 Å². The van der Waals surface area contributed by atoms with Crippen molar-refractivity contribution in [3.8, 4) is 0 Å².